The number of carboxylic acid groups (broad SMARTS) is 1. The summed E-state index contributed by atoms with van der Waals surface area (Å²) in [5.41, 5.74) is 0.442. The normalized spacial score (nSPS) is 10.0. The fourth-order valence-corrected chi connectivity index (χ4v) is 0.448. The average molecular weight is 224 g/mol. The third-order valence-corrected chi connectivity index (χ3v) is 1.08. The van der Waals surface area contributed by atoms with Crippen LogP contribution in [-0.2, 0) is 4.79 Å². The van der Waals surface area contributed by atoms with E-state index in [9.17, 15) is 4.79 Å². The van der Waals surface area contributed by atoms with Crippen LogP contribution in [0.25, 0.3) is 0 Å². The molecule has 0 spiro atoms. The molecule has 3 nitrogen and oxygen atoms in total. The van der Waals surface area contributed by atoms with Crippen LogP contribution in [0.4, 0.5) is 0 Å². The minimum atomic E-state index is -0.816. The van der Waals surface area contributed by atoms with Gasteiger partial charge in [0.15, 0.2) is 0 Å². The van der Waals surface area contributed by atoms with E-state index in [0.29, 0.717) is 5.57 Å². The van der Waals surface area contributed by atoms with Gasteiger partial charge in [-0.05, 0) is 34.5 Å². The maximum absolute atomic E-state index is 10.1. The zero-order chi connectivity index (χ0) is 10.9. The molecule has 0 heterocycles. The first kappa shape index (κ1) is 19.1. The van der Waals surface area contributed by atoms with Crippen molar-refractivity contribution < 1.29 is 9.90 Å². The molecule has 0 rings (SSSR count). The standard InChI is InChI=1S/C7H12O2.C3H9N.ClH/c1-3-4-5-6(2)7(8)9;1-4(2)3;/h5H,3-4H2,1-2H3,(H,8,9);1-3H3;1H. The van der Waals surface area contributed by atoms with E-state index in [1.165, 1.54) is 0 Å². The Morgan fingerprint density at radius 2 is 1.71 bits per heavy atom. The van der Waals surface area contributed by atoms with Crippen LogP contribution in [-0.4, -0.2) is 37.1 Å². The molecule has 0 bridgehead atoms. The zero-order valence-electron chi connectivity index (χ0n) is 9.70. The zero-order valence-corrected chi connectivity index (χ0v) is 10.5. The molecule has 0 saturated carbocycles. The molecule has 1 N–H and O–H groups in total. The van der Waals surface area contributed by atoms with Gasteiger partial charge < -0.3 is 10.0 Å². The van der Waals surface area contributed by atoms with Crippen LogP contribution in [0.1, 0.15) is 26.7 Å². The third-order valence-electron chi connectivity index (χ3n) is 1.08. The Kier molecular flexibility index (Phi) is 17.0. The van der Waals surface area contributed by atoms with Crippen LogP contribution in [0.5, 0.6) is 0 Å². The van der Waals surface area contributed by atoms with Gasteiger partial charge in [0.05, 0.1) is 0 Å². The topological polar surface area (TPSA) is 40.5 Å². The summed E-state index contributed by atoms with van der Waals surface area (Å²) in [5.74, 6) is -0.816. The van der Waals surface area contributed by atoms with Crippen LogP contribution < -0.4 is 0 Å². The van der Waals surface area contributed by atoms with Crippen molar-refractivity contribution in [1.82, 2.24) is 4.90 Å². The highest BCUT2D eigenvalue weighted by molar-refractivity contribution is 5.85. The average Bonchev–Trinajstić information content (AvgIpc) is 1.98. The first-order valence-electron chi connectivity index (χ1n) is 4.42. The molecule has 0 amide bonds. The van der Waals surface area contributed by atoms with E-state index < -0.39 is 5.97 Å². The van der Waals surface area contributed by atoms with Gasteiger partial charge in [-0.25, -0.2) is 4.79 Å². The third kappa shape index (κ3) is 22.5. The number of rotatable bonds is 3. The Morgan fingerprint density at radius 3 is 1.93 bits per heavy atom. The highest BCUT2D eigenvalue weighted by Gasteiger charge is 1.95. The Labute approximate surface area is 93.2 Å². The fraction of sp³-hybridized carbons (Fsp3) is 0.700. The lowest BCUT2D eigenvalue weighted by Crippen LogP contribution is -1.99. The van der Waals surface area contributed by atoms with Crippen LogP contribution in [0.3, 0.4) is 0 Å². The summed E-state index contributed by atoms with van der Waals surface area (Å²) in [6.07, 6.45) is 3.60. The van der Waals surface area contributed by atoms with Gasteiger partial charge in [-0.1, -0.05) is 19.4 Å². The molecule has 0 aromatic heterocycles. The molecular formula is C10H22ClNO2. The van der Waals surface area contributed by atoms with Crippen molar-refractivity contribution in [3.05, 3.63) is 11.6 Å². The first-order valence-corrected chi connectivity index (χ1v) is 4.42. The minimum absolute atomic E-state index is 0. The highest BCUT2D eigenvalue weighted by atomic mass is 35.5. The van der Waals surface area contributed by atoms with E-state index in [4.69, 9.17) is 5.11 Å². The van der Waals surface area contributed by atoms with E-state index in [-0.39, 0.29) is 12.4 Å². The number of carbonyl (C=O) groups is 1. The molecule has 0 aromatic carbocycles. The molecule has 0 aliphatic heterocycles. The van der Waals surface area contributed by atoms with E-state index in [0.717, 1.165) is 12.8 Å². The second-order valence-corrected chi connectivity index (χ2v) is 3.32. The van der Waals surface area contributed by atoms with E-state index in [2.05, 4.69) is 0 Å². The predicted molar refractivity (Wildman–Crippen MR) is 63.2 cm³/mol. The molecule has 0 radical (unpaired) electrons. The van der Waals surface area contributed by atoms with Gasteiger partial charge in [-0.3, -0.25) is 0 Å². The molecule has 86 valence electrons. The summed E-state index contributed by atoms with van der Waals surface area (Å²) < 4.78 is 0. The Balaban J connectivity index is -0.000000209. The van der Waals surface area contributed by atoms with Crippen LogP contribution >= 0.6 is 12.4 Å². The van der Waals surface area contributed by atoms with Gasteiger partial charge in [0.25, 0.3) is 0 Å². The Hall–Kier alpha value is -0.540. The maximum Gasteiger partial charge on any atom is 0.330 e. The molecule has 14 heavy (non-hydrogen) atoms. The summed E-state index contributed by atoms with van der Waals surface area (Å²) >= 11 is 0. The van der Waals surface area contributed by atoms with Crippen molar-refractivity contribution in [1.29, 1.82) is 0 Å². The summed E-state index contributed by atoms with van der Waals surface area (Å²) in [4.78, 5) is 12.1. The SMILES string of the molecule is CCCC=C(C)C(=O)O.CN(C)C.Cl. The van der Waals surface area contributed by atoms with Gasteiger partial charge in [0, 0.05) is 5.57 Å². The lowest BCUT2D eigenvalue weighted by molar-refractivity contribution is -0.132. The van der Waals surface area contributed by atoms with E-state index in [1.807, 2.05) is 33.0 Å². The summed E-state index contributed by atoms with van der Waals surface area (Å²) in [5, 5.41) is 8.34. The monoisotopic (exact) mass is 223 g/mol. The van der Waals surface area contributed by atoms with Crippen LogP contribution in [0, 0.1) is 0 Å². The quantitative estimate of drug-likeness (QED) is 0.748. The van der Waals surface area contributed by atoms with Gasteiger partial charge in [-0.15, -0.1) is 12.4 Å². The van der Waals surface area contributed by atoms with Crippen LogP contribution in [0.2, 0.25) is 0 Å². The molecule has 0 aromatic rings. The highest BCUT2D eigenvalue weighted by Crippen LogP contribution is 1.96. The van der Waals surface area contributed by atoms with Gasteiger partial charge in [-0.2, -0.15) is 0 Å². The van der Waals surface area contributed by atoms with Gasteiger partial charge in [0.2, 0.25) is 0 Å². The predicted octanol–water partition coefficient (Wildman–Crippen LogP) is 2.42. The maximum atomic E-state index is 10.1. The number of aliphatic carboxylic acids is 1. The molecule has 0 aliphatic carbocycles. The molecule has 0 saturated heterocycles. The summed E-state index contributed by atoms with van der Waals surface area (Å²) in [6.45, 7) is 3.63. The van der Waals surface area contributed by atoms with Gasteiger partial charge in [0.1, 0.15) is 0 Å². The van der Waals surface area contributed by atoms with E-state index >= 15 is 0 Å². The van der Waals surface area contributed by atoms with E-state index in [1.54, 1.807) is 13.0 Å². The number of hydrogen-bond donors (Lipinski definition) is 1. The van der Waals surface area contributed by atoms with Crippen molar-refractivity contribution in [2.75, 3.05) is 21.1 Å². The number of halogens is 1. The number of carboxylic acids is 1. The van der Waals surface area contributed by atoms with Crippen molar-refractivity contribution >= 4 is 18.4 Å². The molecular weight excluding hydrogens is 202 g/mol. The number of nitrogens with zero attached hydrogens (tertiary/aromatic N) is 1. The summed E-state index contributed by atoms with van der Waals surface area (Å²) in [7, 11) is 6.00. The van der Waals surface area contributed by atoms with Crippen molar-refractivity contribution in [2.24, 2.45) is 0 Å². The molecule has 0 unspecified atom stereocenters. The van der Waals surface area contributed by atoms with Crippen molar-refractivity contribution in [2.45, 2.75) is 26.7 Å². The number of unbranched alkanes of at least 4 members (excludes halogenated alkanes) is 1. The summed E-state index contributed by atoms with van der Waals surface area (Å²) in [6, 6.07) is 0. The Morgan fingerprint density at radius 1 is 1.36 bits per heavy atom. The second-order valence-electron chi connectivity index (χ2n) is 3.32. The smallest absolute Gasteiger partial charge is 0.330 e. The first-order chi connectivity index (χ1) is 5.91. The van der Waals surface area contributed by atoms with Crippen molar-refractivity contribution in [3.63, 3.8) is 0 Å². The molecule has 0 atom stereocenters. The number of hydrogen-bond acceptors (Lipinski definition) is 2. The lowest BCUT2D eigenvalue weighted by atomic mass is 10.2. The molecule has 4 heteroatoms. The molecule has 0 aliphatic rings. The van der Waals surface area contributed by atoms with Gasteiger partial charge >= 0.3 is 5.97 Å². The minimum Gasteiger partial charge on any atom is -0.478 e. The lowest BCUT2D eigenvalue weighted by Gasteiger charge is -1.90. The second kappa shape index (κ2) is 12.5. The number of allylic oxidation sites excluding steroid dienone is 1. The van der Waals surface area contributed by atoms with Crippen molar-refractivity contribution in [3.8, 4) is 0 Å². The van der Waals surface area contributed by atoms with Crippen LogP contribution in [0.15, 0.2) is 11.6 Å². The largest absolute Gasteiger partial charge is 0.478 e. The molecule has 0 fully saturated rings. The Bertz CT molecular complexity index is 165. The fourth-order valence-electron chi connectivity index (χ4n) is 0.448.